The largest absolute Gasteiger partial charge is 0.396 e. The molecular formula is C15H17NO2. The van der Waals surface area contributed by atoms with Gasteiger partial charge in [0.1, 0.15) is 0 Å². The Hall–Kier alpha value is -1.87. The third-order valence-electron chi connectivity index (χ3n) is 2.89. The molecule has 2 aromatic carbocycles. The molecule has 0 aliphatic rings. The van der Waals surface area contributed by atoms with E-state index in [9.17, 15) is 4.79 Å². The van der Waals surface area contributed by atoms with Crippen LogP contribution in [0.2, 0.25) is 0 Å². The maximum atomic E-state index is 11.3. The number of hydrogen-bond acceptors (Lipinski definition) is 2. The lowest BCUT2D eigenvalue weighted by molar-refractivity contribution is -0.121. The van der Waals surface area contributed by atoms with E-state index < -0.39 is 0 Å². The van der Waals surface area contributed by atoms with Crippen molar-refractivity contribution in [2.75, 3.05) is 6.61 Å². The van der Waals surface area contributed by atoms with Gasteiger partial charge in [0.25, 0.3) is 0 Å². The Kier molecular flexibility index (Phi) is 3.95. The van der Waals surface area contributed by atoms with E-state index >= 15 is 0 Å². The van der Waals surface area contributed by atoms with Crippen molar-refractivity contribution in [1.82, 2.24) is 5.32 Å². The molecule has 0 saturated heterocycles. The number of nitrogens with one attached hydrogen (secondary N) is 1. The summed E-state index contributed by atoms with van der Waals surface area (Å²) in [6.07, 6.45) is 0.159. The first kappa shape index (κ1) is 12.6. The Bertz CT molecular complexity index is 563. The van der Waals surface area contributed by atoms with Crippen molar-refractivity contribution in [1.29, 1.82) is 0 Å². The van der Waals surface area contributed by atoms with Crippen LogP contribution in [0.4, 0.5) is 0 Å². The maximum Gasteiger partial charge on any atom is 0.222 e. The second-order valence-electron chi connectivity index (χ2n) is 4.44. The summed E-state index contributed by atoms with van der Waals surface area (Å²) in [5, 5.41) is 13.8. The summed E-state index contributed by atoms with van der Waals surface area (Å²) in [5.74, 6) is -0.124. The molecule has 0 unspecified atom stereocenters. The molecule has 0 saturated carbocycles. The molecule has 18 heavy (non-hydrogen) atoms. The number of aryl methyl sites for hydroxylation is 1. The highest BCUT2D eigenvalue weighted by Gasteiger charge is 2.01. The summed E-state index contributed by atoms with van der Waals surface area (Å²) in [5.41, 5.74) is 2.31. The number of hydrogen-bond donors (Lipinski definition) is 2. The molecule has 2 rings (SSSR count). The maximum absolute atomic E-state index is 11.3. The molecule has 2 aromatic rings. The highest BCUT2D eigenvalue weighted by Crippen LogP contribution is 2.17. The number of carbonyl (C=O) groups excluding carboxylic acids is 1. The predicted molar refractivity (Wildman–Crippen MR) is 72.2 cm³/mol. The smallest absolute Gasteiger partial charge is 0.222 e. The van der Waals surface area contributed by atoms with E-state index in [2.05, 4.69) is 42.6 Å². The number of benzene rings is 2. The summed E-state index contributed by atoms with van der Waals surface area (Å²) in [4.78, 5) is 11.3. The van der Waals surface area contributed by atoms with Crippen LogP contribution in [0.25, 0.3) is 10.8 Å². The zero-order valence-electron chi connectivity index (χ0n) is 10.4. The van der Waals surface area contributed by atoms with E-state index in [-0.39, 0.29) is 18.9 Å². The Morgan fingerprint density at radius 1 is 1.17 bits per heavy atom. The zero-order valence-corrected chi connectivity index (χ0v) is 10.4. The fourth-order valence-electron chi connectivity index (χ4n) is 1.92. The summed E-state index contributed by atoms with van der Waals surface area (Å²) in [6, 6.07) is 12.5. The average molecular weight is 243 g/mol. The molecule has 3 heteroatoms. The highest BCUT2D eigenvalue weighted by atomic mass is 16.3. The van der Waals surface area contributed by atoms with Crippen molar-refractivity contribution in [3.05, 3.63) is 47.5 Å². The molecule has 3 nitrogen and oxygen atoms in total. The van der Waals surface area contributed by atoms with E-state index in [0.29, 0.717) is 6.54 Å². The van der Waals surface area contributed by atoms with Crippen molar-refractivity contribution < 1.29 is 9.90 Å². The van der Waals surface area contributed by atoms with Crippen LogP contribution in [0, 0.1) is 6.92 Å². The molecule has 0 radical (unpaired) electrons. The summed E-state index contributed by atoms with van der Waals surface area (Å²) in [7, 11) is 0. The minimum absolute atomic E-state index is 0.108. The van der Waals surface area contributed by atoms with Gasteiger partial charge >= 0.3 is 0 Å². The molecule has 0 fully saturated rings. The van der Waals surface area contributed by atoms with Gasteiger partial charge in [-0.3, -0.25) is 4.79 Å². The van der Waals surface area contributed by atoms with E-state index in [0.717, 1.165) is 5.56 Å². The van der Waals surface area contributed by atoms with Crippen LogP contribution in [-0.4, -0.2) is 17.6 Å². The highest BCUT2D eigenvalue weighted by molar-refractivity contribution is 5.84. The van der Waals surface area contributed by atoms with Crippen LogP contribution in [0.5, 0.6) is 0 Å². The van der Waals surface area contributed by atoms with Crippen molar-refractivity contribution in [3.63, 3.8) is 0 Å². The van der Waals surface area contributed by atoms with Gasteiger partial charge in [-0.15, -0.1) is 0 Å². The molecule has 94 valence electrons. The molecule has 0 heterocycles. The molecule has 0 atom stereocenters. The number of aliphatic hydroxyl groups excluding tert-OH is 1. The second-order valence-corrected chi connectivity index (χ2v) is 4.44. The number of aliphatic hydroxyl groups is 1. The van der Waals surface area contributed by atoms with Gasteiger partial charge < -0.3 is 10.4 Å². The van der Waals surface area contributed by atoms with Crippen LogP contribution in [0.3, 0.4) is 0 Å². The molecule has 0 aromatic heterocycles. The van der Waals surface area contributed by atoms with E-state index in [1.807, 2.05) is 6.07 Å². The Morgan fingerprint density at radius 3 is 2.67 bits per heavy atom. The lowest BCUT2D eigenvalue weighted by Gasteiger charge is -2.06. The number of fused-ring (bicyclic) bond motifs is 1. The second kappa shape index (κ2) is 5.65. The summed E-state index contributed by atoms with van der Waals surface area (Å²) in [6.45, 7) is 2.47. The van der Waals surface area contributed by atoms with Crippen LogP contribution < -0.4 is 5.32 Å². The number of amides is 1. The van der Waals surface area contributed by atoms with Crippen LogP contribution in [-0.2, 0) is 11.3 Å². The van der Waals surface area contributed by atoms with E-state index in [1.54, 1.807) is 0 Å². The van der Waals surface area contributed by atoms with Crippen LogP contribution in [0.15, 0.2) is 36.4 Å². The SMILES string of the molecule is Cc1ccc2cc(CNC(=O)CCO)ccc2c1. The number of rotatable bonds is 4. The lowest BCUT2D eigenvalue weighted by Crippen LogP contribution is -2.23. The number of carbonyl (C=O) groups is 1. The molecule has 2 N–H and O–H groups in total. The molecule has 0 aliphatic carbocycles. The van der Waals surface area contributed by atoms with Gasteiger partial charge in [-0.1, -0.05) is 35.9 Å². The first-order chi connectivity index (χ1) is 8.69. The first-order valence-corrected chi connectivity index (χ1v) is 6.06. The van der Waals surface area contributed by atoms with Gasteiger partial charge in [-0.05, 0) is 29.3 Å². The topological polar surface area (TPSA) is 49.3 Å². The molecule has 0 aliphatic heterocycles. The predicted octanol–water partition coefficient (Wildman–Crippen LogP) is 2.15. The zero-order chi connectivity index (χ0) is 13.0. The van der Waals surface area contributed by atoms with Crippen molar-refractivity contribution in [2.45, 2.75) is 19.9 Å². The van der Waals surface area contributed by atoms with Crippen molar-refractivity contribution >= 4 is 16.7 Å². The van der Waals surface area contributed by atoms with E-state index in [1.165, 1.54) is 16.3 Å². The quantitative estimate of drug-likeness (QED) is 0.864. The van der Waals surface area contributed by atoms with E-state index in [4.69, 9.17) is 5.11 Å². The molecule has 0 spiro atoms. The third-order valence-corrected chi connectivity index (χ3v) is 2.89. The Labute approximate surface area is 106 Å². The first-order valence-electron chi connectivity index (χ1n) is 6.06. The third kappa shape index (κ3) is 3.08. The van der Waals surface area contributed by atoms with Gasteiger partial charge in [0.05, 0.1) is 6.61 Å². The average Bonchev–Trinajstić information content (AvgIpc) is 2.36. The van der Waals surface area contributed by atoms with Gasteiger partial charge in [0, 0.05) is 13.0 Å². The Balaban J connectivity index is 2.10. The van der Waals surface area contributed by atoms with Crippen LogP contribution >= 0.6 is 0 Å². The van der Waals surface area contributed by atoms with Crippen LogP contribution in [0.1, 0.15) is 17.5 Å². The molecular weight excluding hydrogens is 226 g/mol. The Morgan fingerprint density at radius 2 is 1.89 bits per heavy atom. The molecule has 0 bridgehead atoms. The van der Waals surface area contributed by atoms with Gasteiger partial charge in [0.15, 0.2) is 0 Å². The summed E-state index contributed by atoms with van der Waals surface area (Å²) < 4.78 is 0. The molecule has 1 amide bonds. The van der Waals surface area contributed by atoms with Gasteiger partial charge in [0.2, 0.25) is 5.91 Å². The standard InChI is InChI=1S/C15H17NO2/c1-11-2-4-14-9-12(3-5-13(14)8-11)10-16-15(18)6-7-17/h2-5,8-9,17H,6-7,10H2,1H3,(H,16,18). The monoisotopic (exact) mass is 243 g/mol. The fourth-order valence-corrected chi connectivity index (χ4v) is 1.92. The minimum Gasteiger partial charge on any atom is -0.396 e. The lowest BCUT2D eigenvalue weighted by atomic mass is 10.0. The normalized spacial score (nSPS) is 10.6. The van der Waals surface area contributed by atoms with Crippen molar-refractivity contribution in [3.8, 4) is 0 Å². The van der Waals surface area contributed by atoms with Gasteiger partial charge in [-0.2, -0.15) is 0 Å². The van der Waals surface area contributed by atoms with Gasteiger partial charge in [-0.25, -0.2) is 0 Å². The fraction of sp³-hybridized carbons (Fsp3) is 0.267. The summed E-state index contributed by atoms with van der Waals surface area (Å²) >= 11 is 0. The van der Waals surface area contributed by atoms with Crippen molar-refractivity contribution in [2.24, 2.45) is 0 Å². The minimum atomic E-state index is -0.124.